The summed E-state index contributed by atoms with van der Waals surface area (Å²) in [6, 6.07) is 20.4. The Labute approximate surface area is 237 Å². The summed E-state index contributed by atoms with van der Waals surface area (Å²) in [4.78, 5) is 18.9. The van der Waals surface area contributed by atoms with Gasteiger partial charge < -0.3 is 20.0 Å². The minimum atomic E-state index is -0.315. The van der Waals surface area contributed by atoms with Gasteiger partial charge in [0, 0.05) is 29.1 Å². The Morgan fingerprint density at radius 3 is 2.58 bits per heavy atom. The van der Waals surface area contributed by atoms with Gasteiger partial charge in [0.15, 0.2) is 5.11 Å². The first-order chi connectivity index (χ1) is 18.2. The van der Waals surface area contributed by atoms with Gasteiger partial charge in [-0.25, -0.2) is 0 Å². The number of thiocarbonyl (C=S) groups is 1. The topological polar surface area (TPSA) is 70.4 Å². The van der Waals surface area contributed by atoms with Crippen LogP contribution in [0.5, 0.6) is 0 Å². The summed E-state index contributed by atoms with van der Waals surface area (Å²) >= 11 is 18.2. The van der Waals surface area contributed by atoms with Gasteiger partial charge in [0.1, 0.15) is 17.6 Å². The zero-order chi connectivity index (χ0) is 27.0. The average Bonchev–Trinajstić information content (AvgIpc) is 3.52. The number of aromatic nitrogens is 1. The van der Waals surface area contributed by atoms with Crippen molar-refractivity contribution in [2.45, 2.75) is 32.9 Å². The fourth-order valence-corrected chi connectivity index (χ4v) is 5.10. The van der Waals surface area contributed by atoms with E-state index in [1.165, 1.54) is 0 Å². The predicted octanol–water partition coefficient (Wildman–Crippen LogP) is 7.73. The molecule has 2 aromatic heterocycles. The molecular weight excluding hydrogens is 539 g/mol. The van der Waals surface area contributed by atoms with Crippen LogP contribution in [0.15, 0.2) is 77.3 Å². The van der Waals surface area contributed by atoms with Crippen molar-refractivity contribution >= 4 is 57.8 Å². The van der Waals surface area contributed by atoms with Crippen LogP contribution in [0.2, 0.25) is 10.0 Å². The number of rotatable bonds is 6. The summed E-state index contributed by atoms with van der Waals surface area (Å²) in [6.07, 6.45) is 1.76. The number of nitrogens with one attached hydrogen (secondary N) is 2. The van der Waals surface area contributed by atoms with E-state index in [2.05, 4.69) is 15.6 Å². The van der Waals surface area contributed by atoms with Gasteiger partial charge in [0.25, 0.3) is 0 Å². The zero-order valence-corrected chi connectivity index (χ0v) is 23.4. The number of anilines is 2. The summed E-state index contributed by atoms with van der Waals surface area (Å²) in [5.41, 5.74) is 4.23. The number of amides is 1. The molecular formula is C29H26Cl2N4O2S. The lowest BCUT2D eigenvalue weighted by molar-refractivity contribution is -0.118. The summed E-state index contributed by atoms with van der Waals surface area (Å²) in [5, 5.41) is 7.93. The number of carbonyl (C=O) groups is 1. The molecule has 4 aromatic rings. The summed E-state index contributed by atoms with van der Waals surface area (Å²) < 4.78 is 6.41. The van der Waals surface area contributed by atoms with Crippen LogP contribution in [0.4, 0.5) is 11.4 Å². The molecule has 9 heteroatoms. The molecule has 0 bridgehead atoms. The van der Waals surface area contributed by atoms with E-state index in [9.17, 15) is 4.79 Å². The van der Waals surface area contributed by atoms with E-state index < -0.39 is 0 Å². The maximum absolute atomic E-state index is 12.3. The SMILES string of the molecule is Cc1cc(N2C(=S)N[C@H](c3ccccn3)[C@H]2c2ccc(-c3ccc(Cl)c(Cl)c3)o2)ccc1NC(=O)C(C)C. The minimum absolute atomic E-state index is 0.0299. The van der Waals surface area contributed by atoms with Crippen LogP contribution < -0.4 is 15.5 Å². The Hall–Kier alpha value is -3.39. The number of pyridine rings is 1. The summed E-state index contributed by atoms with van der Waals surface area (Å²) in [6.45, 7) is 5.70. The minimum Gasteiger partial charge on any atom is -0.459 e. The summed E-state index contributed by atoms with van der Waals surface area (Å²) in [5.74, 6) is 1.23. The van der Waals surface area contributed by atoms with Crippen LogP contribution in [-0.4, -0.2) is 16.0 Å². The molecule has 0 aliphatic carbocycles. The lowest BCUT2D eigenvalue weighted by Gasteiger charge is -2.27. The van der Waals surface area contributed by atoms with Crippen molar-refractivity contribution in [3.63, 3.8) is 0 Å². The highest BCUT2D eigenvalue weighted by molar-refractivity contribution is 7.80. The molecule has 0 unspecified atom stereocenters. The smallest absolute Gasteiger partial charge is 0.226 e. The lowest BCUT2D eigenvalue weighted by atomic mass is 10.0. The molecule has 1 aliphatic rings. The second-order valence-electron chi connectivity index (χ2n) is 9.47. The fourth-order valence-electron chi connectivity index (χ4n) is 4.45. The molecule has 38 heavy (non-hydrogen) atoms. The standard InChI is InChI=1S/C29H26Cl2N4O2S/c1-16(2)28(36)33-22-10-8-19(14-17(22)3)35-27(26(34-29(35)38)23-6-4-5-13-32-23)25-12-11-24(37-25)18-7-9-20(30)21(31)15-18/h4-16,26-27H,1-3H3,(H,33,36)(H,34,38)/t26-,27-/m1/s1. The third kappa shape index (κ3) is 5.14. The van der Waals surface area contributed by atoms with Crippen LogP contribution in [-0.2, 0) is 4.79 Å². The molecule has 0 saturated carbocycles. The van der Waals surface area contributed by atoms with Gasteiger partial charge in [-0.2, -0.15) is 0 Å². The molecule has 0 spiro atoms. The van der Waals surface area contributed by atoms with E-state index in [1.807, 2.05) is 80.3 Å². The van der Waals surface area contributed by atoms with Crippen LogP contribution in [0.3, 0.4) is 0 Å². The number of benzene rings is 2. The highest BCUT2D eigenvalue weighted by Gasteiger charge is 2.42. The van der Waals surface area contributed by atoms with E-state index in [-0.39, 0.29) is 23.9 Å². The monoisotopic (exact) mass is 564 g/mol. The number of furan rings is 1. The Bertz CT molecular complexity index is 1510. The Morgan fingerprint density at radius 2 is 1.89 bits per heavy atom. The molecule has 3 heterocycles. The number of hydrogen-bond acceptors (Lipinski definition) is 4. The lowest BCUT2D eigenvalue weighted by Crippen LogP contribution is -2.29. The molecule has 1 fully saturated rings. The Balaban J connectivity index is 1.55. The van der Waals surface area contributed by atoms with E-state index in [0.717, 1.165) is 28.2 Å². The second-order valence-corrected chi connectivity index (χ2v) is 10.7. The zero-order valence-electron chi connectivity index (χ0n) is 21.0. The Morgan fingerprint density at radius 1 is 1.08 bits per heavy atom. The molecule has 194 valence electrons. The van der Waals surface area contributed by atoms with Crippen molar-refractivity contribution < 1.29 is 9.21 Å². The first kappa shape index (κ1) is 26.2. The molecule has 2 atom stereocenters. The van der Waals surface area contributed by atoms with E-state index in [0.29, 0.717) is 26.7 Å². The summed E-state index contributed by atoms with van der Waals surface area (Å²) in [7, 11) is 0. The largest absolute Gasteiger partial charge is 0.459 e. The highest BCUT2D eigenvalue weighted by atomic mass is 35.5. The maximum atomic E-state index is 12.3. The number of halogens is 2. The van der Waals surface area contributed by atoms with Crippen molar-refractivity contribution in [3.8, 4) is 11.3 Å². The molecule has 1 amide bonds. The third-order valence-electron chi connectivity index (χ3n) is 6.49. The number of carbonyl (C=O) groups excluding carboxylic acids is 1. The third-order valence-corrected chi connectivity index (χ3v) is 7.54. The molecule has 6 nitrogen and oxygen atoms in total. The molecule has 2 aromatic carbocycles. The average molecular weight is 566 g/mol. The first-order valence-electron chi connectivity index (χ1n) is 12.2. The van der Waals surface area contributed by atoms with Crippen molar-refractivity contribution in [2.24, 2.45) is 5.92 Å². The van der Waals surface area contributed by atoms with E-state index >= 15 is 0 Å². The van der Waals surface area contributed by atoms with Gasteiger partial charge >= 0.3 is 0 Å². The van der Waals surface area contributed by atoms with Crippen LogP contribution >= 0.6 is 35.4 Å². The van der Waals surface area contributed by atoms with Crippen molar-refractivity contribution in [1.82, 2.24) is 10.3 Å². The maximum Gasteiger partial charge on any atom is 0.226 e. The van der Waals surface area contributed by atoms with E-state index in [4.69, 9.17) is 39.8 Å². The van der Waals surface area contributed by atoms with Crippen molar-refractivity contribution in [3.05, 3.63) is 100.0 Å². The van der Waals surface area contributed by atoms with E-state index in [1.54, 1.807) is 18.3 Å². The molecule has 1 saturated heterocycles. The molecule has 1 aliphatic heterocycles. The second kappa shape index (κ2) is 10.8. The van der Waals surface area contributed by atoms with Crippen molar-refractivity contribution in [1.29, 1.82) is 0 Å². The van der Waals surface area contributed by atoms with Gasteiger partial charge in [-0.3, -0.25) is 9.78 Å². The molecule has 2 N–H and O–H groups in total. The van der Waals surface area contributed by atoms with Crippen molar-refractivity contribution in [2.75, 3.05) is 10.2 Å². The predicted molar refractivity (Wildman–Crippen MR) is 157 cm³/mol. The van der Waals surface area contributed by atoms with Gasteiger partial charge in [0.2, 0.25) is 5.91 Å². The molecule has 0 radical (unpaired) electrons. The first-order valence-corrected chi connectivity index (χ1v) is 13.4. The highest BCUT2D eigenvalue weighted by Crippen LogP contribution is 2.43. The van der Waals surface area contributed by atoms with Crippen LogP contribution in [0.25, 0.3) is 11.3 Å². The Kier molecular flexibility index (Phi) is 7.43. The van der Waals surface area contributed by atoms with Gasteiger partial charge in [-0.1, -0.05) is 43.1 Å². The quantitative estimate of drug-likeness (QED) is 0.233. The van der Waals surface area contributed by atoms with Crippen LogP contribution in [0, 0.1) is 12.8 Å². The van der Waals surface area contributed by atoms with Crippen LogP contribution in [0.1, 0.15) is 42.9 Å². The van der Waals surface area contributed by atoms with Gasteiger partial charge in [0.05, 0.1) is 21.8 Å². The fraction of sp³-hybridized carbons (Fsp3) is 0.207. The number of nitrogens with zero attached hydrogens (tertiary/aromatic N) is 2. The number of hydrogen-bond donors (Lipinski definition) is 2. The molecule has 5 rings (SSSR count). The normalized spacial score (nSPS) is 17.1. The number of aryl methyl sites for hydroxylation is 1. The van der Waals surface area contributed by atoms with Gasteiger partial charge in [-0.15, -0.1) is 0 Å². The van der Waals surface area contributed by atoms with Gasteiger partial charge in [-0.05, 0) is 85.4 Å².